The van der Waals surface area contributed by atoms with Gasteiger partial charge in [-0.25, -0.2) is 4.98 Å². The first-order valence-electron chi connectivity index (χ1n) is 5.88. The van der Waals surface area contributed by atoms with Crippen LogP contribution in [0.5, 0.6) is 0 Å². The maximum absolute atomic E-state index is 12.6. The highest BCUT2D eigenvalue weighted by Crippen LogP contribution is 2.37. The van der Waals surface area contributed by atoms with E-state index in [0.29, 0.717) is 6.54 Å². The molecule has 0 aromatic carbocycles. The molecule has 1 fully saturated rings. The van der Waals surface area contributed by atoms with Crippen molar-refractivity contribution >= 4 is 23.5 Å². The van der Waals surface area contributed by atoms with E-state index < -0.39 is 11.9 Å². The van der Waals surface area contributed by atoms with Crippen LogP contribution < -0.4 is 11.1 Å². The van der Waals surface area contributed by atoms with E-state index in [2.05, 4.69) is 22.2 Å². The Bertz CT molecular complexity index is 458. The van der Waals surface area contributed by atoms with E-state index in [1.165, 1.54) is 0 Å². The van der Waals surface area contributed by atoms with Gasteiger partial charge in [0.1, 0.15) is 5.82 Å². The van der Waals surface area contributed by atoms with Gasteiger partial charge in [0.25, 0.3) is 0 Å². The van der Waals surface area contributed by atoms with Crippen molar-refractivity contribution in [2.24, 2.45) is 0 Å². The lowest BCUT2D eigenvalue weighted by Gasteiger charge is -2.23. The van der Waals surface area contributed by atoms with Crippen LogP contribution in [-0.2, 0) is 6.18 Å². The summed E-state index contributed by atoms with van der Waals surface area (Å²) >= 11 is 1.82. The van der Waals surface area contributed by atoms with Crippen LogP contribution in [0.3, 0.4) is 0 Å². The average Bonchev–Trinajstić information content (AvgIpc) is 2.72. The number of nitrogens with one attached hydrogen (secondary N) is 1. The van der Waals surface area contributed by atoms with Crippen molar-refractivity contribution in [1.82, 2.24) is 9.97 Å². The normalized spacial score (nSPS) is 23.6. The fraction of sp³-hybridized carbons (Fsp3) is 0.636. The van der Waals surface area contributed by atoms with Gasteiger partial charge in [-0.3, -0.25) is 0 Å². The number of anilines is 2. The highest BCUT2D eigenvalue weighted by molar-refractivity contribution is 8.00. The Labute approximate surface area is 113 Å². The summed E-state index contributed by atoms with van der Waals surface area (Å²) in [5.41, 5.74) is 4.28. The minimum atomic E-state index is -4.51. The lowest BCUT2D eigenvalue weighted by molar-refractivity contribution is -0.141. The second kappa shape index (κ2) is 5.07. The molecule has 0 radical (unpaired) electrons. The van der Waals surface area contributed by atoms with E-state index >= 15 is 0 Å². The molecule has 4 nitrogen and oxygen atoms in total. The Hall–Kier alpha value is -1.18. The third kappa shape index (κ3) is 3.65. The summed E-state index contributed by atoms with van der Waals surface area (Å²) in [7, 11) is 0. The number of hydrogen-bond acceptors (Lipinski definition) is 5. The van der Waals surface area contributed by atoms with Crippen LogP contribution in [-0.4, -0.2) is 27.0 Å². The Morgan fingerprint density at radius 2 is 2.21 bits per heavy atom. The molecule has 1 aliphatic heterocycles. The molecular weight excluding hydrogens is 277 g/mol. The van der Waals surface area contributed by atoms with E-state index in [9.17, 15) is 13.2 Å². The molecule has 3 N–H and O–H groups in total. The number of rotatable bonds is 3. The SMILES string of the molecule is CC1(CNc2cc(C(F)(F)F)nc(N)n2)CCCS1. The summed E-state index contributed by atoms with van der Waals surface area (Å²) in [6.07, 6.45) is -2.35. The summed E-state index contributed by atoms with van der Waals surface area (Å²) in [6.45, 7) is 2.65. The second-order valence-electron chi connectivity index (χ2n) is 4.75. The van der Waals surface area contributed by atoms with Gasteiger partial charge in [-0.1, -0.05) is 0 Å². The molecule has 1 atom stereocenters. The third-order valence-corrected chi connectivity index (χ3v) is 4.52. The van der Waals surface area contributed by atoms with Gasteiger partial charge in [0.2, 0.25) is 5.95 Å². The predicted octanol–water partition coefficient (Wildman–Crippen LogP) is 2.78. The Kier molecular flexibility index (Phi) is 3.80. The second-order valence-corrected chi connectivity index (χ2v) is 6.43. The largest absolute Gasteiger partial charge is 0.433 e. The fourth-order valence-corrected chi connectivity index (χ4v) is 3.20. The topological polar surface area (TPSA) is 63.8 Å². The van der Waals surface area contributed by atoms with Gasteiger partial charge < -0.3 is 11.1 Å². The fourth-order valence-electron chi connectivity index (χ4n) is 1.96. The number of hydrogen-bond donors (Lipinski definition) is 2. The first-order chi connectivity index (χ1) is 8.78. The predicted molar refractivity (Wildman–Crippen MR) is 70.0 cm³/mol. The summed E-state index contributed by atoms with van der Waals surface area (Å²) in [6, 6.07) is 0.888. The van der Waals surface area contributed by atoms with E-state index in [1.807, 2.05) is 11.8 Å². The molecule has 0 bridgehead atoms. The van der Waals surface area contributed by atoms with Crippen LogP contribution in [0.15, 0.2) is 6.07 Å². The van der Waals surface area contributed by atoms with Crippen molar-refractivity contribution in [3.05, 3.63) is 11.8 Å². The molecule has 1 aromatic heterocycles. The number of aromatic nitrogens is 2. The molecule has 0 spiro atoms. The minimum Gasteiger partial charge on any atom is -0.369 e. The molecule has 19 heavy (non-hydrogen) atoms. The standard InChI is InChI=1S/C11H15F3N4S/c1-10(3-2-4-19-10)6-16-8-5-7(11(12,13)14)17-9(15)18-8/h5H,2-4,6H2,1H3,(H3,15,16,17,18). The smallest absolute Gasteiger partial charge is 0.369 e. The first-order valence-corrected chi connectivity index (χ1v) is 6.87. The monoisotopic (exact) mass is 292 g/mol. The van der Waals surface area contributed by atoms with Crippen molar-refractivity contribution < 1.29 is 13.2 Å². The molecular formula is C11H15F3N4S. The number of thioether (sulfide) groups is 1. The molecule has 1 aromatic rings. The Morgan fingerprint density at radius 3 is 2.79 bits per heavy atom. The lowest BCUT2D eigenvalue weighted by atomic mass is 10.1. The van der Waals surface area contributed by atoms with Crippen molar-refractivity contribution in [3.63, 3.8) is 0 Å². The molecule has 2 heterocycles. The van der Waals surface area contributed by atoms with E-state index in [-0.39, 0.29) is 16.5 Å². The molecule has 106 valence electrons. The number of nitrogen functional groups attached to an aromatic ring is 1. The summed E-state index contributed by atoms with van der Waals surface area (Å²) < 4.78 is 37.8. The van der Waals surface area contributed by atoms with Gasteiger partial charge >= 0.3 is 6.18 Å². The van der Waals surface area contributed by atoms with Crippen molar-refractivity contribution in [1.29, 1.82) is 0 Å². The Balaban J connectivity index is 2.10. The van der Waals surface area contributed by atoms with Crippen molar-refractivity contribution in [2.45, 2.75) is 30.7 Å². The van der Waals surface area contributed by atoms with Gasteiger partial charge in [-0.15, -0.1) is 0 Å². The van der Waals surface area contributed by atoms with E-state index in [4.69, 9.17) is 5.73 Å². The summed E-state index contributed by atoms with van der Waals surface area (Å²) in [5.74, 6) is 0.827. The average molecular weight is 292 g/mol. The molecule has 1 saturated heterocycles. The van der Waals surface area contributed by atoms with Crippen LogP contribution in [0.2, 0.25) is 0 Å². The zero-order chi connectivity index (χ0) is 14.1. The number of alkyl halides is 3. The zero-order valence-electron chi connectivity index (χ0n) is 10.4. The zero-order valence-corrected chi connectivity index (χ0v) is 11.2. The molecule has 0 amide bonds. The molecule has 8 heteroatoms. The van der Waals surface area contributed by atoms with Crippen molar-refractivity contribution in [3.8, 4) is 0 Å². The maximum atomic E-state index is 12.6. The van der Waals surface area contributed by atoms with Crippen molar-refractivity contribution in [2.75, 3.05) is 23.3 Å². The number of nitrogens with two attached hydrogens (primary N) is 1. The van der Waals surface area contributed by atoms with Crippen LogP contribution in [0.1, 0.15) is 25.5 Å². The molecule has 1 aliphatic rings. The molecule has 1 unspecified atom stereocenters. The van der Waals surface area contributed by atoms with E-state index in [0.717, 1.165) is 24.7 Å². The maximum Gasteiger partial charge on any atom is 0.433 e. The van der Waals surface area contributed by atoms with Gasteiger partial charge in [0.15, 0.2) is 5.69 Å². The van der Waals surface area contributed by atoms with Gasteiger partial charge in [-0.05, 0) is 25.5 Å². The minimum absolute atomic E-state index is 0.0398. The lowest BCUT2D eigenvalue weighted by Crippen LogP contribution is -2.27. The van der Waals surface area contributed by atoms with E-state index in [1.54, 1.807) is 0 Å². The summed E-state index contributed by atoms with van der Waals surface area (Å²) in [5, 5.41) is 2.93. The van der Waals surface area contributed by atoms with Crippen LogP contribution in [0.25, 0.3) is 0 Å². The number of nitrogens with zero attached hydrogens (tertiary/aromatic N) is 2. The van der Waals surface area contributed by atoms with Crippen LogP contribution in [0, 0.1) is 0 Å². The van der Waals surface area contributed by atoms with Gasteiger partial charge in [0, 0.05) is 17.4 Å². The van der Waals surface area contributed by atoms with Crippen LogP contribution in [0.4, 0.5) is 24.9 Å². The highest BCUT2D eigenvalue weighted by Gasteiger charge is 2.34. The molecule has 0 aliphatic carbocycles. The first kappa shape index (κ1) is 14.2. The molecule has 0 saturated carbocycles. The van der Waals surface area contributed by atoms with Gasteiger partial charge in [-0.2, -0.15) is 29.9 Å². The summed E-state index contributed by atoms with van der Waals surface area (Å²) in [4.78, 5) is 6.98. The third-order valence-electron chi connectivity index (χ3n) is 2.98. The van der Waals surface area contributed by atoms with Gasteiger partial charge in [0.05, 0.1) is 0 Å². The highest BCUT2D eigenvalue weighted by atomic mass is 32.2. The van der Waals surface area contributed by atoms with Crippen LogP contribution >= 0.6 is 11.8 Å². The molecule has 2 rings (SSSR count). The quantitative estimate of drug-likeness (QED) is 0.897. The Morgan fingerprint density at radius 1 is 1.47 bits per heavy atom. The number of halogens is 3.